The molecular weight excluding hydrogens is 269 g/mol. The first-order chi connectivity index (χ1) is 10.0. The highest BCUT2D eigenvalue weighted by molar-refractivity contribution is 5.94. The highest BCUT2D eigenvalue weighted by atomic mass is 19.1. The molecule has 0 radical (unpaired) electrons. The molecule has 0 fully saturated rings. The number of ether oxygens (including phenoxy) is 1. The van der Waals surface area contributed by atoms with Crippen LogP contribution in [-0.2, 0) is 6.54 Å². The van der Waals surface area contributed by atoms with Crippen LogP contribution in [0, 0.1) is 5.82 Å². The van der Waals surface area contributed by atoms with Gasteiger partial charge in [-0.05, 0) is 42.8 Å². The smallest absolute Gasteiger partial charge is 0.159 e. The standard InChI is InChI=1S/C17H18FNO2/c1-12(20)14-7-8-17(16(18)10-14)19(2)11-13-5-4-6-15(9-13)21-3/h4-10H,11H2,1-3H3. The minimum Gasteiger partial charge on any atom is -0.497 e. The summed E-state index contributed by atoms with van der Waals surface area (Å²) in [6.07, 6.45) is 0. The molecule has 0 saturated carbocycles. The number of carbonyl (C=O) groups is 1. The number of hydrogen-bond donors (Lipinski definition) is 0. The van der Waals surface area contributed by atoms with E-state index < -0.39 is 5.82 Å². The quantitative estimate of drug-likeness (QED) is 0.786. The van der Waals surface area contributed by atoms with Gasteiger partial charge in [0.2, 0.25) is 0 Å². The van der Waals surface area contributed by atoms with E-state index in [9.17, 15) is 9.18 Å². The predicted octanol–water partition coefficient (Wildman–Crippen LogP) is 3.67. The Hall–Kier alpha value is -2.36. The van der Waals surface area contributed by atoms with Crippen molar-refractivity contribution in [3.63, 3.8) is 0 Å². The maximum atomic E-state index is 14.1. The fourth-order valence-electron chi connectivity index (χ4n) is 2.17. The molecule has 0 N–H and O–H groups in total. The van der Waals surface area contributed by atoms with E-state index in [1.54, 1.807) is 24.1 Å². The van der Waals surface area contributed by atoms with E-state index in [1.165, 1.54) is 13.0 Å². The monoisotopic (exact) mass is 287 g/mol. The van der Waals surface area contributed by atoms with Gasteiger partial charge >= 0.3 is 0 Å². The van der Waals surface area contributed by atoms with Gasteiger partial charge in [-0.2, -0.15) is 0 Å². The second kappa shape index (κ2) is 6.39. The third-order valence-electron chi connectivity index (χ3n) is 3.32. The predicted molar refractivity (Wildman–Crippen MR) is 81.5 cm³/mol. The Bertz CT molecular complexity index is 655. The van der Waals surface area contributed by atoms with Crippen molar-refractivity contribution < 1.29 is 13.9 Å². The average Bonchev–Trinajstić information content (AvgIpc) is 2.47. The van der Waals surface area contributed by atoms with Crippen molar-refractivity contribution in [1.82, 2.24) is 0 Å². The normalized spacial score (nSPS) is 10.3. The van der Waals surface area contributed by atoms with Crippen LogP contribution in [0.2, 0.25) is 0 Å². The lowest BCUT2D eigenvalue weighted by molar-refractivity contribution is 0.101. The molecule has 21 heavy (non-hydrogen) atoms. The molecule has 2 aromatic rings. The number of carbonyl (C=O) groups excluding carboxylic acids is 1. The van der Waals surface area contributed by atoms with Crippen LogP contribution in [-0.4, -0.2) is 19.9 Å². The van der Waals surface area contributed by atoms with Gasteiger partial charge in [-0.25, -0.2) is 4.39 Å². The van der Waals surface area contributed by atoms with E-state index in [1.807, 2.05) is 31.3 Å². The van der Waals surface area contributed by atoms with Crippen molar-refractivity contribution >= 4 is 11.5 Å². The zero-order chi connectivity index (χ0) is 15.4. The van der Waals surface area contributed by atoms with Gasteiger partial charge in [0, 0.05) is 19.2 Å². The van der Waals surface area contributed by atoms with Gasteiger partial charge < -0.3 is 9.64 Å². The number of anilines is 1. The highest BCUT2D eigenvalue weighted by Crippen LogP contribution is 2.22. The van der Waals surface area contributed by atoms with Crippen molar-refractivity contribution in [3.05, 3.63) is 59.4 Å². The van der Waals surface area contributed by atoms with Crippen LogP contribution in [0.15, 0.2) is 42.5 Å². The first-order valence-electron chi connectivity index (χ1n) is 6.66. The first kappa shape index (κ1) is 15.0. The lowest BCUT2D eigenvalue weighted by atomic mass is 10.1. The molecule has 0 aromatic heterocycles. The Morgan fingerprint density at radius 1 is 1.24 bits per heavy atom. The number of hydrogen-bond acceptors (Lipinski definition) is 3. The topological polar surface area (TPSA) is 29.5 Å². The average molecular weight is 287 g/mol. The highest BCUT2D eigenvalue weighted by Gasteiger charge is 2.11. The number of nitrogens with zero attached hydrogens (tertiary/aromatic N) is 1. The molecule has 0 amide bonds. The maximum Gasteiger partial charge on any atom is 0.159 e. The van der Waals surface area contributed by atoms with E-state index in [-0.39, 0.29) is 5.78 Å². The van der Waals surface area contributed by atoms with Crippen LogP contribution in [0.3, 0.4) is 0 Å². The van der Waals surface area contributed by atoms with Gasteiger partial charge in [-0.1, -0.05) is 12.1 Å². The van der Waals surface area contributed by atoms with Crippen molar-refractivity contribution in [3.8, 4) is 5.75 Å². The largest absolute Gasteiger partial charge is 0.497 e. The van der Waals surface area contributed by atoms with Crippen LogP contribution in [0.5, 0.6) is 5.75 Å². The molecule has 2 rings (SSSR count). The van der Waals surface area contributed by atoms with E-state index in [0.717, 1.165) is 11.3 Å². The minimum atomic E-state index is -0.395. The van der Waals surface area contributed by atoms with E-state index in [0.29, 0.717) is 17.8 Å². The molecule has 0 heterocycles. The van der Waals surface area contributed by atoms with E-state index in [4.69, 9.17) is 4.74 Å². The Morgan fingerprint density at radius 3 is 2.62 bits per heavy atom. The molecule has 3 nitrogen and oxygen atoms in total. The Morgan fingerprint density at radius 2 is 2.00 bits per heavy atom. The second-order valence-corrected chi connectivity index (χ2v) is 4.93. The zero-order valence-corrected chi connectivity index (χ0v) is 12.4. The van der Waals surface area contributed by atoms with Gasteiger partial charge in [0.15, 0.2) is 5.78 Å². The SMILES string of the molecule is COc1cccc(CN(C)c2ccc(C(C)=O)cc2F)c1. The molecule has 0 aliphatic heterocycles. The molecule has 0 saturated heterocycles. The molecule has 0 atom stereocenters. The molecule has 2 aromatic carbocycles. The maximum absolute atomic E-state index is 14.1. The van der Waals surface area contributed by atoms with E-state index >= 15 is 0 Å². The number of rotatable bonds is 5. The summed E-state index contributed by atoms with van der Waals surface area (Å²) in [5.74, 6) is 0.234. The molecule has 0 unspecified atom stereocenters. The summed E-state index contributed by atoms with van der Waals surface area (Å²) in [6, 6.07) is 12.2. The second-order valence-electron chi connectivity index (χ2n) is 4.93. The summed E-state index contributed by atoms with van der Waals surface area (Å²) in [4.78, 5) is 13.0. The van der Waals surface area contributed by atoms with Crippen LogP contribution in [0.4, 0.5) is 10.1 Å². The zero-order valence-electron chi connectivity index (χ0n) is 12.4. The minimum absolute atomic E-state index is 0.143. The van der Waals surface area contributed by atoms with Crippen molar-refractivity contribution in [1.29, 1.82) is 0 Å². The van der Waals surface area contributed by atoms with Crippen molar-refractivity contribution in [2.75, 3.05) is 19.1 Å². The van der Waals surface area contributed by atoms with E-state index in [2.05, 4.69) is 0 Å². The number of methoxy groups -OCH3 is 1. The van der Waals surface area contributed by atoms with Crippen molar-refractivity contribution in [2.45, 2.75) is 13.5 Å². The summed E-state index contributed by atoms with van der Waals surface area (Å²) in [5.41, 5.74) is 1.86. The first-order valence-corrected chi connectivity index (χ1v) is 6.66. The molecular formula is C17H18FNO2. The summed E-state index contributed by atoms with van der Waals surface area (Å²) >= 11 is 0. The van der Waals surface area contributed by atoms with Gasteiger partial charge in [-0.3, -0.25) is 4.79 Å². The van der Waals surface area contributed by atoms with Crippen molar-refractivity contribution in [2.24, 2.45) is 0 Å². The molecule has 0 aliphatic carbocycles. The third-order valence-corrected chi connectivity index (χ3v) is 3.32. The van der Waals surface area contributed by atoms with Crippen LogP contribution >= 0.6 is 0 Å². The molecule has 0 aliphatic rings. The number of halogens is 1. The summed E-state index contributed by atoms with van der Waals surface area (Å²) in [7, 11) is 3.42. The molecule has 4 heteroatoms. The van der Waals surface area contributed by atoms with Gasteiger partial charge in [0.1, 0.15) is 11.6 Å². The molecule has 0 bridgehead atoms. The Kier molecular flexibility index (Phi) is 4.58. The lowest BCUT2D eigenvalue weighted by Gasteiger charge is -2.20. The third kappa shape index (κ3) is 3.60. The van der Waals surface area contributed by atoms with Gasteiger partial charge in [-0.15, -0.1) is 0 Å². The van der Waals surface area contributed by atoms with Crippen LogP contribution in [0.25, 0.3) is 0 Å². The summed E-state index contributed by atoms with van der Waals surface area (Å²) in [6.45, 7) is 1.97. The number of ketones is 1. The molecule has 0 spiro atoms. The molecule has 110 valence electrons. The summed E-state index contributed by atoms with van der Waals surface area (Å²) in [5, 5.41) is 0. The summed E-state index contributed by atoms with van der Waals surface area (Å²) < 4.78 is 19.3. The Balaban J connectivity index is 2.19. The van der Waals surface area contributed by atoms with Crippen LogP contribution < -0.4 is 9.64 Å². The van der Waals surface area contributed by atoms with Gasteiger partial charge in [0.25, 0.3) is 0 Å². The number of benzene rings is 2. The lowest BCUT2D eigenvalue weighted by Crippen LogP contribution is -2.18. The van der Waals surface area contributed by atoms with Crippen LogP contribution in [0.1, 0.15) is 22.8 Å². The van der Waals surface area contributed by atoms with Gasteiger partial charge in [0.05, 0.1) is 12.8 Å². The fourth-order valence-corrected chi connectivity index (χ4v) is 2.17. The fraction of sp³-hybridized carbons (Fsp3) is 0.235. The Labute approximate surface area is 124 Å². The number of Topliss-reactive ketones (excluding diaryl/α,β-unsaturated/α-hetero) is 1.